The molecule has 0 fully saturated rings. The van der Waals surface area contributed by atoms with Crippen molar-refractivity contribution in [2.45, 2.75) is 19.4 Å². The summed E-state index contributed by atoms with van der Waals surface area (Å²) in [5.41, 5.74) is 0.435. The predicted molar refractivity (Wildman–Crippen MR) is 62.0 cm³/mol. The fraction of sp³-hybridized carbons (Fsp3) is 0.500. The zero-order chi connectivity index (χ0) is 12.8. The summed E-state index contributed by atoms with van der Waals surface area (Å²) in [6.45, 7) is 2.25. The van der Waals surface area contributed by atoms with Crippen molar-refractivity contribution in [2.24, 2.45) is 0 Å². The Kier molecular flexibility index (Phi) is 5.15. The van der Waals surface area contributed by atoms with E-state index < -0.39 is 12.5 Å². The van der Waals surface area contributed by atoms with Gasteiger partial charge in [0.1, 0.15) is 11.5 Å². The molecule has 0 aliphatic heterocycles. The van der Waals surface area contributed by atoms with E-state index in [2.05, 4.69) is 5.32 Å². The molecule has 1 N–H and O–H groups in total. The van der Waals surface area contributed by atoms with Gasteiger partial charge in [-0.15, -0.1) is 0 Å². The topological polar surface area (TPSA) is 30.5 Å². The third kappa shape index (κ3) is 3.30. The molecule has 0 saturated heterocycles. The Morgan fingerprint density at radius 2 is 1.94 bits per heavy atom. The molecule has 0 bridgehead atoms. The molecule has 0 heterocycles. The first-order valence-electron chi connectivity index (χ1n) is 5.37. The molecule has 0 saturated carbocycles. The van der Waals surface area contributed by atoms with E-state index in [-0.39, 0.29) is 0 Å². The van der Waals surface area contributed by atoms with Gasteiger partial charge >= 0.3 is 0 Å². The normalized spacial score (nSPS) is 12.6. The van der Waals surface area contributed by atoms with Crippen LogP contribution < -0.4 is 14.8 Å². The van der Waals surface area contributed by atoms with E-state index in [1.165, 1.54) is 14.2 Å². The van der Waals surface area contributed by atoms with Crippen molar-refractivity contribution in [1.82, 2.24) is 5.32 Å². The van der Waals surface area contributed by atoms with Crippen molar-refractivity contribution in [2.75, 3.05) is 20.8 Å². The third-order valence-corrected chi connectivity index (χ3v) is 2.45. The molecular formula is C12H17F2NO2. The minimum absolute atomic E-state index is 0.399. The average Bonchev–Trinajstić information content (AvgIpc) is 2.35. The Morgan fingerprint density at radius 3 is 2.41 bits per heavy atom. The van der Waals surface area contributed by atoms with Crippen molar-refractivity contribution >= 4 is 0 Å². The van der Waals surface area contributed by atoms with Crippen LogP contribution in [0.4, 0.5) is 8.78 Å². The number of benzene rings is 1. The number of alkyl halides is 2. The lowest BCUT2D eigenvalue weighted by Gasteiger charge is -2.20. The standard InChI is InChI=1S/C12H17F2NO2/c1-4-15-11(12(13)14)9-6-5-8(16-2)7-10(9)17-3/h5-7,11-12,15H,4H2,1-3H3. The van der Waals surface area contributed by atoms with Crippen LogP contribution in [0.5, 0.6) is 11.5 Å². The zero-order valence-corrected chi connectivity index (χ0v) is 10.2. The summed E-state index contributed by atoms with van der Waals surface area (Å²) in [5.74, 6) is 0.978. The van der Waals surface area contributed by atoms with Gasteiger partial charge in [0.05, 0.1) is 20.3 Å². The van der Waals surface area contributed by atoms with Gasteiger partial charge in [0, 0.05) is 11.6 Å². The van der Waals surface area contributed by atoms with Crippen molar-refractivity contribution in [1.29, 1.82) is 0 Å². The molecule has 1 atom stereocenters. The highest BCUT2D eigenvalue weighted by Crippen LogP contribution is 2.32. The highest BCUT2D eigenvalue weighted by molar-refractivity contribution is 5.42. The highest BCUT2D eigenvalue weighted by Gasteiger charge is 2.24. The number of halogens is 2. The number of nitrogens with one attached hydrogen (secondary N) is 1. The van der Waals surface area contributed by atoms with E-state index >= 15 is 0 Å². The summed E-state index contributed by atoms with van der Waals surface area (Å²) in [6, 6.07) is 3.81. The second-order valence-corrected chi connectivity index (χ2v) is 3.48. The lowest BCUT2D eigenvalue weighted by Crippen LogP contribution is -2.27. The van der Waals surface area contributed by atoms with Gasteiger partial charge in [-0.25, -0.2) is 8.78 Å². The largest absolute Gasteiger partial charge is 0.497 e. The van der Waals surface area contributed by atoms with Crippen LogP contribution in [-0.4, -0.2) is 27.2 Å². The van der Waals surface area contributed by atoms with Crippen molar-refractivity contribution in [3.05, 3.63) is 23.8 Å². The first-order valence-corrected chi connectivity index (χ1v) is 5.37. The molecule has 0 radical (unpaired) electrons. The number of hydrogen-bond acceptors (Lipinski definition) is 3. The van der Waals surface area contributed by atoms with Crippen LogP contribution in [0.3, 0.4) is 0 Å². The van der Waals surface area contributed by atoms with Gasteiger partial charge in [0.25, 0.3) is 6.43 Å². The Balaban J connectivity index is 3.09. The van der Waals surface area contributed by atoms with Gasteiger partial charge in [-0.1, -0.05) is 6.92 Å². The summed E-state index contributed by atoms with van der Waals surface area (Å²) >= 11 is 0. The SMILES string of the molecule is CCNC(c1ccc(OC)cc1OC)C(F)F. The molecule has 1 aromatic rings. The third-order valence-electron chi connectivity index (χ3n) is 2.45. The van der Waals surface area contributed by atoms with Gasteiger partial charge in [-0.05, 0) is 18.7 Å². The summed E-state index contributed by atoms with van der Waals surface area (Å²) in [5, 5.41) is 2.74. The van der Waals surface area contributed by atoms with E-state index in [1.54, 1.807) is 25.1 Å². The second-order valence-electron chi connectivity index (χ2n) is 3.48. The lowest BCUT2D eigenvalue weighted by molar-refractivity contribution is 0.0979. The minimum atomic E-state index is -2.49. The molecule has 0 amide bonds. The van der Waals surface area contributed by atoms with Gasteiger partial charge in [0.15, 0.2) is 0 Å². The number of methoxy groups -OCH3 is 2. The predicted octanol–water partition coefficient (Wildman–Crippen LogP) is 2.62. The minimum Gasteiger partial charge on any atom is -0.497 e. The molecule has 1 rings (SSSR count). The smallest absolute Gasteiger partial charge is 0.257 e. The Morgan fingerprint density at radius 1 is 1.24 bits per heavy atom. The molecule has 3 nitrogen and oxygen atoms in total. The van der Waals surface area contributed by atoms with Gasteiger partial charge in [-0.2, -0.15) is 0 Å². The quantitative estimate of drug-likeness (QED) is 0.835. The maximum Gasteiger partial charge on any atom is 0.257 e. The first-order chi connectivity index (χ1) is 8.13. The van der Waals surface area contributed by atoms with Crippen LogP contribution in [0.2, 0.25) is 0 Å². The van der Waals surface area contributed by atoms with Crippen LogP contribution in [-0.2, 0) is 0 Å². The maximum atomic E-state index is 12.9. The molecule has 5 heteroatoms. The Bertz CT molecular complexity index is 358. The fourth-order valence-electron chi connectivity index (χ4n) is 1.63. The van der Waals surface area contributed by atoms with Crippen LogP contribution in [0, 0.1) is 0 Å². The first kappa shape index (κ1) is 13.7. The average molecular weight is 245 g/mol. The molecule has 0 aliphatic carbocycles. The Labute approximate surface area is 99.7 Å². The van der Waals surface area contributed by atoms with E-state index in [9.17, 15) is 8.78 Å². The van der Waals surface area contributed by atoms with E-state index in [0.29, 0.717) is 23.6 Å². The summed E-state index contributed by atoms with van der Waals surface area (Å²) in [6.07, 6.45) is -2.49. The molecule has 17 heavy (non-hydrogen) atoms. The van der Waals surface area contributed by atoms with Crippen LogP contribution >= 0.6 is 0 Å². The lowest BCUT2D eigenvalue weighted by atomic mass is 10.1. The highest BCUT2D eigenvalue weighted by atomic mass is 19.3. The molecule has 0 spiro atoms. The zero-order valence-electron chi connectivity index (χ0n) is 10.2. The second kappa shape index (κ2) is 6.39. The molecule has 1 unspecified atom stereocenters. The fourth-order valence-corrected chi connectivity index (χ4v) is 1.63. The molecule has 96 valence electrons. The molecule has 1 aromatic carbocycles. The Hall–Kier alpha value is -1.36. The number of ether oxygens (including phenoxy) is 2. The molecular weight excluding hydrogens is 228 g/mol. The van der Waals surface area contributed by atoms with Crippen molar-refractivity contribution < 1.29 is 18.3 Å². The van der Waals surface area contributed by atoms with Crippen molar-refractivity contribution in [3.63, 3.8) is 0 Å². The number of hydrogen-bond donors (Lipinski definition) is 1. The molecule has 0 aliphatic rings. The van der Waals surface area contributed by atoms with Gasteiger partial charge in [0.2, 0.25) is 0 Å². The van der Waals surface area contributed by atoms with E-state index in [1.807, 2.05) is 0 Å². The summed E-state index contributed by atoms with van der Waals surface area (Å²) in [7, 11) is 2.97. The van der Waals surface area contributed by atoms with Crippen LogP contribution in [0.25, 0.3) is 0 Å². The van der Waals surface area contributed by atoms with Crippen LogP contribution in [0.1, 0.15) is 18.5 Å². The van der Waals surface area contributed by atoms with Gasteiger partial charge in [-0.3, -0.25) is 0 Å². The van der Waals surface area contributed by atoms with Gasteiger partial charge < -0.3 is 14.8 Å². The van der Waals surface area contributed by atoms with Crippen LogP contribution in [0.15, 0.2) is 18.2 Å². The monoisotopic (exact) mass is 245 g/mol. The van der Waals surface area contributed by atoms with E-state index in [0.717, 1.165) is 0 Å². The summed E-state index contributed by atoms with van der Waals surface area (Å²) < 4.78 is 36.0. The number of rotatable bonds is 6. The maximum absolute atomic E-state index is 12.9. The summed E-state index contributed by atoms with van der Waals surface area (Å²) in [4.78, 5) is 0. The van der Waals surface area contributed by atoms with Crippen molar-refractivity contribution in [3.8, 4) is 11.5 Å². The van der Waals surface area contributed by atoms with E-state index in [4.69, 9.17) is 9.47 Å². The molecule has 0 aromatic heterocycles.